The van der Waals surface area contributed by atoms with Gasteiger partial charge in [-0.05, 0) is 12.3 Å². The van der Waals surface area contributed by atoms with Gasteiger partial charge in [-0.2, -0.15) is 0 Å². The maximum atomic E-state index is 11.6. The number of carbonyl (C=O) groups excluding carboxylic acids is 1. The summed E-state index contributed by atoms with van der Waals surface area (Å²) in [5.74, 6) is 0.0470. The van der Waals surface area contributed by atoms with E-state index in [-0.39, 0.29) is 11.8 Å². The predicted octanol–water partition coefficient (Wildman–Crippen LogP) is 1.30. The van der Waals surface area contributed by atoms with Crippen molar-refractivity contribution < 1.29 is 4.79 Å². The summed E-state index contributed by atoms with van der Waals surface area (Å²) in [7, 11) is 0. The first-order valence-corrected chi connectivity index (χ1v) is 6.33. The van der Waals surface area contributed by atoms with Gasteiger partial charge in [0.15, 0.2) is 0 Å². The number of carbonyl (C=O) groups is 1. The molecule has 16 heavy (non-hydrogen) atoms. The second kappa shape index (κ2) is 5.96. The van der Waals surface area contributed by atoms with E-state index >= 15 is 0 Å². The molecule has 0 unspecified atom stereocenters. The number of nitrogens with two attached hydrogens (primary N) is 1. The summed E-state index contributed by atoms with van der Waals surface area (Å²) >= 11 is 1.63. The van der Waals surface area contributed by atoms with Gasteiger partial charge in [0, 0.05) is 11.1 Å². The zero-order chi connectivity index (χ0) is 12.1. The number of hydrogen-bond acceptors (Lipinski definition) is 4. The van der Waals surface area contributed by atoms with Gasteiger partial charge in [-0.3, -0.25) is 4.79 Å². The smallest absolute Gasteiger partial charge is 0.237 e. The molecule has 1 aromatic heterocycles. The topological polar surface area (TPSA) is 68.0 Å². The lowest BCUT2D eigenvalue weighted by atomic mass is 10.1. The number of nitrogens with zero attached hydrogens (tertiary/aromatic N) is 1. The van der Waals surface area contributed by atoms with Crippen LogP contribution in [0.5, 0.6) is 0 Å². The highest BCUT2D eigenvalue weighted by Gasteiger charge is 2.16. The molecule has 4 nitrogen and oxygen atoms in total. The summed E-state index contributed by atoms with van der Waals surface area (Å²) < 4.78 is 0. The number of hydrogen-bond donors (Lipinski definition) is 2. The maximum Gasteiger partial charge on any atom is 0.237 e. The van der Waals surface area contributed by atoms with Crippen LogP contribution in [0.3, 0.4) is 0 Å². The summed E-state index contributed by atoms with van der Waals surface area (Å²) in [5.41, 5.74) is 5.73. The van der Waals surface area contributed by atoms with Crippen LogP contribution in [0.25, 0.3) is 0 Å². The predicted molar refractivity (Wildman–Crippen MR) is 66.2 cm³/mol. The van der Waals surface area contributed by atoms with Crippen LogP contribution >= 0.6 is 11.3 Å². The van der Waals surface area contributed by atoms with Crippen LogP contribution in [0.2, 0.25) is 0 Å². The lowest BCUT2D eigenvalue weighted by molar-refractivity contribution is -0.123. The highest BCUT2D eigenvalue weighted by molar-refractivity contribution is 7.11. The molecule has 1 atom stereocenters. The molecule has 1 aromatic rings. The van der Waals surface area contributed by atoms with Crippen LogP contribution in [0.15, 0.2) is 6.20 Å². The third kappa shape index (κ3) is 3.57. The van der Waals surface area contributed by atoms with Crippen LogP contribution in [0.4, 0.5) is 0 Å². The van der Waals surface area contributed by atoms with Crippen LogP contribution < -0.4 is 11.1 Å². The molecule has 3 N–H and O–H groups in total. The largest absolute Gasteiger partial charge is 0.348 e. The van der Waals surface area contributed by atoms with Crippen molar-refractivity contribution in [2.45, 2.75) is 39.8 Å². The van der Waals surface area contributed by atoms with E-state index in [2.05, 4.69) is 17.2 Å². The molecule has 90 valence electrons. The molecule has 0 bridgehead atoms. The first kappa shape index (κ1) is 13.1. The van der Waals surface area contributed by atoms with Crippen LogP contribution in [0, 0.1) is 5.92 Å². The number of rotatable bonds is 5. The lowest BCUT2D eigenvalue weighted by Crippen LogP contribution is -2.43. The Morgan fingerprint density at radius 3 is 2.81 bits per heavy atom. The monoisotopic (exact) mass is 241 g/mol. The number of amides is 1. The fraction of sp³-hybridized carbons (Fsp3) is 0.636. The molecule has 0 fully saturated rings. The molecule has 0 spiro atoms. The Bertz CT molecular complexity index is 349. The second-order valence-electron chi connectivity index (χ2n) is 4.06. The van der Waals surface area contributed by atoms with E-state index in [4.69, 9.17) is 5.73 Å². The second-order valence-corrected chi connectivity index (χ2v) is 5.26. The summed E-state index contributed by atoms with van der Waals surface area (Å²) in [6.07, 6.45) is 2.84. The molecule has 5 heteroatoms. The zero-order valence-electron chi connectivity index (χ0n) is 9.99. The van der Waals surface area contributed by atoms with E-state index in [1.807, 2.05) is 20.0 Å². The number of aromatic nitrogens is 1. The van der Waals surface area contributed by atoms with Gasteiger partial charge in [-0.15, -0.1) is 11.3 Å². The lowest BCUT2D eigenvalue weighted by Gasteiger charge is -2.14. The van der Waals surface area contributed by atoms with Gasteiger partial charge in [0.2, 0.25) is 5.91 Å². The summed E-state index contributed by atoms with van der Waals surface area (Å²) in [4.78, 5) is 17.0. The Morgan fingerprint density at radius 1 is 1.62 bits per heavy atom. The Morgan fingerprint density at radius 2 is 2.31 bits per heavy atom. The van der Waals surface area contributed by atoms with E-state index < -0.39 is 6.04 Å². The Kier molecular flexibility index (Phi) is 4.89. The first-order valence-electron chi connectivity index (χ1n) is 5.51. The van der Waals surface area contributed by atoms with Crippen molar-refractivity contribution >= 4 is 17.2 Å². The molecule has 0 radical (unpaired) electrons. The van der Waals surface area contributed by atoms with Crippen molar-refractivity contribution in [1.29, 1.82) is 0 Å². The van der Waals surface area contributed by atoms with Gasteiger partial charge in [-0.1, -0.05) is 20.8 Å². The average Bonchev–Trinajstić information content (AvgIpc) is 2.72. The minimum Gasteiger partial charge on any atom is -0.348 e. The van der Waals surface area contributed by atoms with Gasteiger partial charge < -0.3 is 11.1 Å². The molecule has 1 rings (SSSR count). The van der Waals surface area contributed by atoms with Crippen molar-refractivity contribution in [3.63, 3.8) is 0 Å². The van der Waals surface area contributed by atoms with Gasteiger partial charge in [-0.25, -0.2) is 4.98 Å². The van der Waals surface area contributed by atoms with Crippen molar-refractivity contribution in [3.05, 3.63) is 16.1 Å². The summed E-state index contributed by atoms with van der Waals surface area (Å²) in [5, 5.41) is 3.73. The Balaban J connectivity index is 2.42. The molecule has 1 heterocycles. The van der Waals surface area contributed by atoms with Gasteiger partial charge >= 0.3 is 0 Å². The number of aryl methyl sites for hydroxylation is 1. The van der Waals surface area contributed by atoms with Gasteiger partial charge in [0.1, 0.15) is 5.01 Å². The number of nitrogens with one attached hydrogen (secondary N) is 1. The van der Waals surface area contributed by atoms with E-state index in [0.717, 1.165) is 11.4 Å². The quantitative estimate of drug-likeness (QED) is 0.816. The fourth-order valence-electron chi connectivity index (χ4n) is 1.18. The molecule has 0 saturated heterocycles. The zero-order valence-corrected chi connectivity index (χ0v) is 10.8. The van der Waals surface area contributed by atoms with E-state index in [9.17, 15) is 4.79 Å². The van der Waals surface area contributed by atoms with E-state index in [1.54, 1.807) is 11.3 Å². The highest BCUT2D eigenvalue weighted by atomic mass is 32.1. The minimum absolute atomic E-state index is 0.108. The van der Waals surface area contributed by atoms with Crippen LogP contribution in [-0.2, 0) is 17.8 Å². The van der Waals surface area contributed by atoms with E-state index in [1.165, 1.54) is 4.88 Å². The molecule has 0 aromatic carbocycles. The Labute approximate surface area is 100 Å². The molecule has 0 aliphatic carbocycles. The van der Waals surface area contributed by atoms with Crippen LogP contribution in [-0.4, -0.2) is 16.9 Å². The van der Waals surface area contributed by atoms with Crippen LogP contribution in [0.1, 0.15) is 30.7 Å². The third-order valence-corrected chi connectivity index (χ3v) is 3.53. The van der Waals surface area contributed by atoms with Crippen molar-refractivity contribution in [3.8, 4) is 0 Å². The van der Waals surface area contributed by atoms with E-state index in [0.29, 0.717) is 6.54 Å². The molecular weight excluding hydrogens is 222 g/mol. The third-order valence-electron chi connectivity index (χ3n) is 2.38. The molecule has 1 amide bonds. The highest BCUT2D eigenvalue weighted by Crippen LogP contribution is 2.12. The number of thiazole rings is 1. The first-order chi connectivity index (χ1) is 7.54. The minimum atomic E-state index is -0.439. The van der Waals surface area contributed by atoms with Crippen molar-refractivity contribution in [2.75, 3.05) is 0 Å². The van der Waals surface area contributed by atoms with Crippen molar-refractivity contribution in [2.24, 2.45) is 11.7 Å². The molecule has 0 aliphatic heterocycles. The summed E-state index contributed by atoms with van der Waals surface area (Å²) in [6.45, 7) is 6.43. The molecular formula is C11H19N3OS. The SMILES string of the molecule is CCc1cnc(CNC(=O)[C@@H](N)C(C)C)s1. The standard InChI is InChI=1S/C11H19N3OS/c1-4-8-5-13-9(16-8)6-14-11(15)10(12)7(2)3/h5,7,10H,4,6,12H2,1-3H3,(H,14,15)/t10-/m0/s1. The van der Waals surface area contributed by atoms with Crippen molar-refractivity contribution in [1.82, 2.24) is 10.3 Å². The average molecular weight is 241 g/mol. The molecule has 0 saturated carbocycles. The van der Waals surface area contributed by atoms with Gasteiger partial charge in [0.05, 0.1) is 12.6 Å². The normalized spacial score (nSPS) is 12.8. The molecule has 0 aliphatic rings. The Hall–Kier alpha value is -0.940. The summed E-state index contributed by atoms with van der Waals surface area (Å²) in [6, 6.07) is -0.439. The fourth-order valence-corrected chi connectivity index (χ4v) is 1.98. The van der Waals surface area contributed by atoms with Gasteiger partial charge in [0.25, 0.3) is 0 Å². The maximum absolute atomic E-state index is 11.6.